The number of piperidine rings is 1. The summed E-state index contributed by atoms with van der Waals surface area (Å²) in [5.41, 5.74) is 3.30. The van der Waals surface area contributed by atoms with Gasteiger partial charge >= 0.3 is 0 Å². The molecule has 2 atom stereocenters. The van der Waals surface area contributed by atoms with Gasteiger partial charge in [-0.15, -0.1) is 0 Å². The lowest BCUT2D eigenvalue weighted by atomic mass is 9.94. The number of oxazole rings is 1. The van der Waals surface area contributed by atoms with Crippen molar-refractivity contribution in [1.29, 1.82) is 0 Å². The molecule has 1 aliphatic heterocycles. The van der Waals surface area contributed by atoms with Gasteiger partial charge in [-0.25, -0.2) is 13.4 Å². The Morgan fingerprint density at radius 2 is 1.60 bits per heavy atom. The van der Waals surface area contributed by atoms with Crippen LogP contribution < -0.4 is 5.32 Å². The number of fused-ring (bicyclic) bond motifs is 1. The average Bonchev–Trinajstić information content (AvgIpc) is 3.28. The number of nitrogens with one attached hydrogen (secondary N) is 1. The standard InChI is InChI=1S/C27H27N3O4S/c1-18-15-19(2)17-30(16-18)35(32,33)23-13-9-20(10-14-23)26(31)28-22-11-7-21(8-12-22)27-29-24-5-3-4-6-25(24)34-27/h3-14,18-19H,15-17H2,1-2H3,(H,28,31)/t18-,19+. The molecule has 0 aliphatic carbocycles. The van der Waals surface area contributed by atoms with Crippen molar-refractivity contribution in [2.24, 2.45) is 11.8 Å². The molecule has 0 bridgehead atoms. The van der Waals surface area contributed by atoms with Gasteiger partial charge in [0.25, 0.3) is 5.91 Å². The lowest BCUT2D eigenvalue weighted by molar-refractivity contribution is 0.102. The van der Waals surface area contributed by atoms with Crippen LogP contribution in [0, 0.1) is 11.8 Å². The van der Waals surface area contributed by atoms with Gasteiger partial charge in [0.1, 0.15) is 5.52 Å². The first kappa shape index (κ1) is 23.3. The van der Waals surface area contributed by atoms with Gasteiger partial charge in [-0.3, -0.25) is 4.79 Å². The Morgan fingerprint density at radius 1 is 0.943 bits per heavy atom. The van der Waals surface area contributed by atoms with E-state index >= 15 is 0 Å². The number of benzene rings is 3. The SMILES string of the molecule is C[C@@H]1C[C@H](C)CN(S(=O)(=O)c2ccc(C(=O)Nc3ccc(-c4nc5ccccc5o4)cc3)cc2)C1. The molecule has 0 spiro atoms. The molecule has 1 amide bonds. The maximum Gasteiger partial charge on any atom is 0.255 e. The molecule has 1 saturated heterocycles. The topological polar surface area (TPSA) is 92.5 Å². The van der Waals surface area contributed by atoms with E-state index in [4.69, 9.17) is 4.42 Å². The summed E-state index contributed by atoms with van der Waals surface area (Å²) in [4.78, 5) is 17.4. The van der Waals surface area contributed by atoms with Crippen molar-refractivity contribution >= 4 is 32.7 Å². The van der Waals surface area contributed by atoms with Crippen LogP contribution in [0.2, 0.25) is 0 Å². The summed E-state index contributed by atoms with van der Waals surface area (Å²) in [6.45, 7) is 5.19. The average molecular weight is 490 g/mol. The van der Waals surface area contributed by atoms with Crippen molar-refractivity contribution in [1.82, 2.24) is 9.29 Å². The molecule has 7 nitrogen and oxygen atoms in total. The number of hydrogen-bond acceptors (Lipinski definition) is 5. The molecule has 5 rings (SSSR count). The highest BCUT2D eigenvalue weighted by Gasteiger charge is 2.31. The minimum absolute atomic E-state index is 0.207. The second kappa shape index (κ2) is 9.28. The summed E-state index contributed by atoms with van der Waals surface area (Å²) in [5.74, 6) is 0.849. The van der Waals surface area contributed by atoms with Crippen molar-refractivity contribution in [2.75, 3.05) is 18.4 Å². The number of carbonyl (C=O) groups is 1. The molecule has 180 valence electrons. The molecule has 0 saturated carbocycles. The maximum atomic E-state index is 13.1. The Balaban J connectivity index is 1.27. The Labute approximate surface area is 204 Å². The van der Waals surface area contributed by atoms with Crippen LogP contribution in [0.25, 0.3) is 22.6 Å². The van der Waals surface area contributed by atoms with E-state index in [1.807, 2.05) is 36.4 Å². The second-order valence-electron chi connectivity index (χ2n) is 9.31. The number of hydrogen-bond donors (Lipinski definition) is 1. The van der Waals surface area contributed by atoms with Crippen molar-refractivity contribution < 1.29 is 17.6 Å². The van der Waals surface area contributed by atoms with E-state index in [9.17, 15) is 13.2 Å². The van der Waals surface area contributed by atoms with Gasteiger partial charge in [-0.2, -0.15) is 4.31 Å². The van der Waals surface area contributed by atoms with Crippen LogP contribution in [0.1, 0.15) is 30.6 Å². The first-order valence-electron chi connectivity index (χ1n) is 11.7. The Bertz CT molecular complexity index is 1420. The zero-order valence-corrected chi connectivity index (χ0v) is 20.5. The smallest absolute Gasteiger partial charge is 0.255 e. The molecule has 1 aliphatic rings. The minimum atomic E-state index is -3.58. The Hall–Kier alpha value is -3.49. The zero-order valence-electron chi connectivity index (χ0n) is 19.6. The van der Waals surface area contributed by atoms with E-state index in [0.717, 1.165) is 23.1 Å². The molecular weight excluding hydrogens is 462 g/mol. The molecule has 0 unspecified atom stereocenters. The normalized spacial score (nSPS) is 19.0. The third-order valence-corrected chi connectivity index (χ3v) is 8.12. The number of sulfonamides is 1. The third kappa shape index (κ3) is 4.85. The molecule has 8 heteroatoms. The van der Waals surface area contributed by atoms with Crippen LogP contribution in [-0.2, 0) is 10.0 Å². The maximum absolute atomic E-state index is 13.1. The summed E-state index contributed by atoms with van der Waals surface area (Å²) < 4.78 is 33.5. The van der Waals surface area contributed by atoms with Gasteiger partial charge in [0.05, 0.1) is 4.90 Å². The van der Waals surface area contributed by atoms with Gasteiger partial charge in [0, 0.05) is 29.9 Å². The highest BCUT2D eigenvalue weighted by molar-refractivity contribution is 7.89. The second-order valence-corrected chi connectivity index (χ2v) is 11.2. The molecule has 4 aromatic rings. The highest BCUT2D eigenvalue weighted by Crippen LogP contribution is 2.28. The van der Waals surface area contributed by atoms with Gasteiger partial charge < -0.3 is 9.73 Å². The largest absolute Gasteiger partial charge is 0.436 e. The van der Waals surface area contributed by atoms with Crippen molar-refractivity contribution in [3.63, 3.8) is 0 Å². The van der Waals surface area contributed by atoms with Crippen LogP contribution in [0.3, 0.4) is 0 Å². The van der Waals surface area contributed by atoms with Crippen molar-refractivity contribution in [3.8, 4) is 11.5 Å². The monoisotopic (exact) mass is 489 g/mol. The van der Waals surface area contributed by atoms with Gasteiger partial charge in [-0.1, -0.05) is 26.0 Å². The molecule has 1 aromatic heterocycles. The number of rotatable bonds is 5. The van der Waals surface area contributed by atoms with Gasteiger partial charge in [0.15, 0.2) is 5.58 Å². The van der Waals surface area contributed by atoms with Crippen LogP contribution in [0.15, 0.2) is 82.1 Å². The highest BCUT2D eigenvalue weighted by atomic mass is 32.2. The fourth-order valence-corrected chi connectivity index (χ4v) is 6.30. The summed E-state index contributed by atoms with van der Waals surface area (Å²) in [5, 5.41) is 2.85. The summed E-state index contributed by atoms with van der Waals surface area (Å²) in [6.07, 6.45) is 1.03. The van der Waals surface area contributed by atoms with E-state index in [1.165, 1.54) is 12.1 Å². The fraction of sp³-hybridized carbons (Fsp3) is 0.259. The van der Waals surface area contributed by atoms with Crippen LogP contribution in [0.5, 0.6) is 0 Å². The summed E-state index contributed by atoms with van der Waals surface area (Å²) in [7, 11) is -3.58. The van der Waals surface area contributed by atoms with E-state index in [0.29, 0.717) is 42.1 Å². The Kier molecular flexibility index (Phi) is 6.17. The lowest BCUT2D eigenvalue weighted by Crippen LogP contribution is -2.42. The van der Waals surface area contributed by atoms with E-state index in [2.05, 4.69) is 24.1 Å². The van der Waals surface area contributed by atoms with Crippen LogP contribution in [0.4, 0.5) is 5.69 Å². The van der Waals surface area contributed by atoms with Crippen LogP contribution >= 0.6 is 0 Å². The first-order valence-corrected chi connectivity index (χ1v) is 13.1. The number of nitrogens with zero attached hydrogens (tertiary/aromatic N) is 2. The minimum Gasteiger partial charge on any atom is -0.436 e. The molecule has 1 N–H and O–H groups in total. The predicted molar refractivity (Wildman–Crippen MR) is 136 cm³/mol. The molecule has 3 aromatic carbocycles. The number of carbonyl (C=O) groups excluding carboxylic acids is 1. The quantitative estimate of drug-likeness (QED) is 0.404. The Morgan fingerprint density at radius 3 is 2.26 bits per heavy atom. The zero-order chi connectivity index (χ0) is 24.6. The van der Waals surface area contributed by atoms with Crippen molar-refractivity contribution in [3.05, 3.63) is 78.4 Å². The summed E-state index contributed by atoms with van der Waals surface area (Å²) >= 11 is 0. The molecule has 0 radical (unpaired) electrons. The van der Waals surface area contributed by atoms with Gasteiger partial charge in [-0.05, 0) is 78.9 Å². The predicted octanol–water partition coefficient (Wildman–Crippen LogP) is 5.41. The van der Waals surface area contributed by atoms with E-state index in [1.54, 1.807) is 28.6 Å². The molecule has 1 fully saturated rings. The number of anilines is 1. The van der Waals surface area contributed by atoms with Gasteiger partial charge in [0.2, 0.25) is 15.9 Å². The molecule has 2 heterocycles. The first-order chi connectivity index (χ1) is 16.8. The van der Waals surface area contributed by atoms with Crippen LogP contribution in [-0.4, -0.2) is 36.7 Å². The van der Waals surface area contributed by atoms with E-state index in [-0.39, 0.29) is 10.8 Å². The lowest BCUT2D eigenvalue weighted by Gasteiger charge is -2.34. The summed E-state index contributed by atoms with van der Waals surface area (Å²) in [6, 6.07) is 20.9. The number of para-hydroxylation sites is 2. The van der Waals surface area contributed by atoms with Crippen molar-refractivity contribution in [2.45, 2.75) is 25.2 Å². The molecule has 35 heavy (non-hydrogen) atoms. The van der Waals surface area contributed by atoms with E-state index < -0.39 is 10.0 Å². The molecular formula is C27H27N3O4S. The number of aromatic nitrogens is 1. The third-order valence-electron chi connectivity index (χ3n) is 6.27. The number of amides is 1. The fourth-order valence-electron chi connectivity index (χ4n) is 4.62.